The Morgan fingerprint density at radius 3 is 2.61 bits per heavy atom. The van der Waals surface area contributed by atoms with Crippen molar-refractivity contribution < 1.29 is 17.5 Å². The number of sulfonamides is 1. The maximum Gasteiger partial charge on any atom is 0.218 e. The van der Waals surface area contributed by atoms with Gasteiger partial charge in [0, 0.05) is 37.8 Å². The molecule has 31 heavy (non-hydrogen) atoms. The molecule has 1 aliphatic heterocycles. The molecule has 0 N–H and O–H groups in total. The van der Waals surface area contributed by atoms with Crippen molar-refractivity contribution in [3.05, 3.63) is 88.0 Å². The Labute approximate surface area is 182 Å². The Bertz CT molecular complexity index is 1170. The molecule has 6 nitrogen and oxygen atoms in total. The van der Waals surface area contributed by atoms with Crippen molar-refractivity contribution in [3.8, 4) is 0 Å². The van der Waals surface area contributed by atoms with E-state index in [1.807, 2.05) is 38.2 Å². The van der Waals surface area contributed by atoms with E-state index in [1.165, 1.54) is 16.4 Å². The summed E-state index contributed by atoms with van der Waals surface area (Å²) in [4.78, 5) is 0. The SMILES string of the molecule is Cc1ccc(CS(=O)(=O)N2CCc3c(c(COCc4cccc(F)c4)nn3C)C2)cc1. The second-order valence-electron chi connectivity index (χ2n) is 7.94. The standard InChI is InChI=1S/C23H26FN3O3S/c1-17-6-8-18(9-7-17)16-31(28,29)27-11-10-23-21(13-27)22(25-26(23)2)15-30-14-19-4-3-5-20(24)12-19/h3-9,12H,10-11,13-16H2,1-2H3. The van der Waals surface area contributed by atoms with Crippen molar-refractivity contribution in [2.24, 2.45) is 7.05 Å². The average molecular weight is 444 g/mol. The monoisotopic (exact) mass is 443 g/mol. The number of hydrogen-bond acceptors (Lipinski definition) is 4. The highest BCUT2D eigenvalue weighted by Gasteiger charge is 2.30. The van der Waals surface area contributed by atoms with Gasteiger partial charge >= 0.3 is 0 Å². The summed E-state index contributed by atoms with van der Waals surface area (Å²) in [6.45, 7) is 3.20. The lowest BCUT2D eigenvalue weighted by Crippen LogP contribution is -2.37. The van der Waals surface area contributed by atoms with Gasteiger partial charge in [0.05, 0.1) is 24.7 Å². The van der Waals surface area contributed by atoms with E-state index in [-0.39, 0.29) is 31.3 Å². The molecule has 2 heterocycles. The molecule has 0 amide bonds. The Balaban J connectivity index is 1.45. The molecule has 0 unspecified atom stereocenters. The van der Waals surface area contributed by atoms with Crippen molar-refractivity contribution in [1.29, 1.82) is 0 Å². The number of aromatic nitrogens is 2. The number of fused-ring (bicyclic) bond motifs is 1. The summed E-state index contributed by atoms with van der Waals surface area (Å²) < 4.78 is 48.5. The van der Waals surface area contributed by atoms with Gasteiger partial charge in [-0.3, -0.25) is 4.68 Å². The first-order valence-corrected chi connectivity index (χ1v) is 11.8. The van der Waals surface area contributed by atoms with Crippen LogP contribution < -0.4 is 0 Å². The molecule has 0 saturated carbocycles. The van der Waals surface area contributed by atoms with Crippen LogP contribution in [0.5, 0.6) is 0 Å². The number of rotatable bonds is 7. The summed E-state index contributed by atoms with van der Waals surface area (Å²) in [6, 6.07) is 13.8. The first-order chi connectivity index (χ1) is 14.8. The summed E-state index contributed by atoms with van der Waals surface area (Å²) in [5.41, 5.74) is 5.28. The zero-order valence-electron chi connectivity index (χ0n) is 17.7. The van der Waals surface area contributed by atoms with Crippen LogP contribution in [0.4, 0.5) is 4.39 Å². The van der Waals surface area contributed by atoms with Gasteiger partial charge in [-0.05, 0) is 30.2 Å². The van der Waals surface area contributed by atoms with Crippen molar-refractivity contribution in [3.63, 3.8) is 0 Å². The number of halogens is 1. The van der Waals surface area contributed by atoms with Crippen molar-refractivity contribution >= 4 is 10.0 Å². The van der Waals surface area contributed by atoms with E-state index in [1.54, 1.807) is 16.8 Å². The fourth-order valence-corrected chi connectivity index (χ4v) is 5.37. The van der Waals surface area contributed by atoms with Gasteiger partial charge < -0.3 is 4.74 Å². The van der Waals surface area contributed by atoms with Crippen molar-refractivity contribution in [1.82, 2.24) is 14.1 Å². The predicted molar refractivity (Wildman–Crippen MR) is 116 cm³/mol. The maximum atomic E-state index is 13.3. The van der Waals surface area contributed by atoms with Crippen molar-refractivity contribution in [2.75, 3.05) is 6.54 Å². The molecular weight excluding hydrogens is 417 g/mol. The Morgan fingerprint density at radius 2 is 1.87 bits per heavy atom. The zero-order valence-corrected chi connectivity index (χ0v) is 18.5. The maximum absolute atomic E-state index is 13.3. The van der Waals surface area contributed by atoms with E-state index >= 15 is 0 Å². The second kappa shape index (κ2) is 8.90. The van der Waals surface area contributed by atoms with E-state index < -0.39 is 10.0 Å². The van der Waals surface area contributed by atoms with Crippen LogP contribution in [0.3, 0.4) is 0 Å². The van der Waals surface area contributed by atoms with E-state index in [2.05, 4.69) is 5.10 Å². The normalized spacial score (nSPS) is 14.5. The van der Waals surface area contributed by atoms with E-state index in [4.69, 9.17) is 4.74 Å². The molecule has 8 heteroatoms. The fraction of sp³-hybridized carbons (Fsp3) is 0.348. The molecule has 164 valence electrons. The summed E-state index contributed by atoms with van der Waals surface area (Å²) in [5, 5.41) is 4.55. The second-order valence-corrected chi connectivity index (χ2v) is 9.91. The highest BCUT2D eigenvalue weighted by Crippen LogP contribution is 2.26. The summed E-state index contributed by atoms with van der Waals surface area (Å²) in [7, 11) is -1.59. The first-order valence-electron chi connectivity index (χ1n) is 10.2. The van der Waals surface area contributed by atoms with Gasteiger partial charge in [0.2, 0.25) is 10.0 Å². The molecule has 0 saturated heterocycles. The molecular formula is C23H26FN3O3S. The Hall–Kier alpha value is -2.55. The molecule has 0 bridgehead atoms. The van der Waals surface area contributed by atoms with E-state index in [9.17, 15) is 12.8 Å². The Morgan fingerprint density at radius 1 is 1.10 bits per heavy atom. The third-order valence-corrected chi connectivity index (χ3v) is 7.35. The summed E-state index contributed by atoms with van der Waals surface area (Å²) in [6.07, 6.45) is 0.607. The fourth-order valence-electron chi connectivity index (χ4n) is 3.88. The van der Waals surface area contributed by atoms with Gasteiger partial charge in [0.1, 0.15) is 5.82 Å². The Kier molecular flexibility index (Phi) is 6.22. The quantitative estimate of drug-likeness (QED) is 0.561. The largest absolute Gasteiger partial charge is 0.370 e. The van der Waals surface area contributed by atoms with Crippen LogP contribution in [0, 0.1) is 12.7 Å². The molecule has 4 rings (SSSR count). The minimum atomic E-state index is -3.45. The van der Waals surface area contributed by atoms with Crippen LogP contribution in [-0.4, -0.2) is 29.0 Å². The molecule has 3 aromatic rings. The van der Waals surface area contributed by atoms with Crippen LogP contribution in [0.15, 0.2) is 48.5 Å². The van der Waals surface area contributed by atoms with Crippen LogP contribution in [0.1, 0.15) is 33.6 Å². The first kappa shape index (κ1) is 21.7. The summed E-state index contributed by atoms with van der Waals surface area (Å²) in [5.74, 6) is -0.320. The molecule has 2 aromatic carbocycles. The molecule has 0 spiro atoms. The van der Waals surface area contributed by atoms with Crippen LogP contribution in [0.25, 0.3) is 0 Å². The zero-order chi connectivity index (χ0) is 22.0. The van der Waals surface area contributed by atoms with Gasteiger partial charge in [-0.25, -0.2) is 12.8 Å². The lowest BCUT2D eigenvalue weighted by atomic mass is 10.1. The highest BCUT2D eigenvalue weighted by atomic mass is 32.2. The van der Waals surface area contributed by atoms with Crippen LogP contribution in [-0.2, 0) is 53.7 Å². The van der Waals surface area contributed by atoms with E-state index in [0.29, 0.717) is 13.0 Å². The number of ether oxygens (including phenoxy) is 1. The highest BCUT2D eigenvalue weighted by molar-refractivity contribution is 7.88. The van der Waals surface area contributed by atoms with Crippen LogP contribution >= 0.6 is 0 Å². The van der Waals surface area contributed by atoms with Gasteiger partial charge in [0.25, 0.3) is 0 Å². The number of aryl methyl sites for hydroxylation is 2. The predicted octanol–water partition coefficient (Wildman–Crippen LogP) is 3.47. The molecule has 1 aromatic heterocycles. The summed E-state index contributed by atoms with van der Waals surface area (Å²) >= 11 is 0. The number of nitrogens with zero attached hydrogens (tertiary/aromatic N) is 3. The van der Waals surface area contributed by atoms with Gasteiger partial charge in [-0.2, -0.15) is 9.40 Å². The molecule has 0 fully saturated rings. The third-order valence-electron chi connectivity index (χ3n) is 5.55. The lowest BCUT2D eigenvalue weighted by Gasteiger charge is -2.27. The third kappa shape index (κ3) is 5.03. The smallest absolute Gasteiger partial charge is 0.218 e. The van der Waals surface area contributed by atoms with Gasteiger partial charge in [-0.1, -0.05) is 42.0 Å². The average Bonchev–Trinajstić information content (AvgIpc) is 3.05. The van der Waals surface area contributed by atoms with E-state index in [0.717, 1.165) is 33.6 Å². The number of benzene rings is 2. The molecule has 0 radical (unpaired) electrons. The lowest BCUT2D eigenvalue weighted by molar-refractivity contribution is 0.103. The number of hydrogen-bond donors (Lipinski definition) is 0. The molecule has 0 aliphatic carbocycles. The van der Waals surface area contributed by atoms with Gasteiger partial charge in [0.15, 0.2) is 0 Å². The molecule has 0 atom stereocenters. The molecule has 1 aliphatic rings. The van der Waals surface area contributed by atoms with Gasteiger partial charge in [-0.15, -0.1) is 0 Å². The van der Waals surface area contributed by atoms with Crippen molar-refractivity contribution in [2.45, 2.75) is 38.9 Å². The topological polar surface area (TPSA) is 64.4 Å². The van der Waals surface area contributed by atoms with Crippen LogP contribution in [0.2, 0.25) is 0 Å². The minimum Gasteiger partial charge on any atom is -0.370 e. The minimum absolute atomic E-state index is 0.0196.